The Morgan fingerprint density at radius 3 is 2.88 bits per heavy atom. The number of carboxylic acids is 1. The van der Waals surface area contributed by atoms with Crippen molar-refractivity contribution < 1.29 is 15.0 Å². The van der Waals surface area contributed by atoms with E-state index in [0.29, 0.717) is 17.1 Å². The van der Waals surface area contributed by atoms with E-state index in [-0.39, 0.29) is 12.2 Å². The number of fused-ring (bicyclic) bond motifs is 1. The molecule has 0 atom stereocenters. The molecule has 0 amide bonds. The number of carbonyl (C=O) groups is 1. The Morgan fingerprint density at radius 2 is 2.19 bits per heavy atom. The third-order valence-corrected chi connectivity index (χ3v) is 2.73. The summed E-state index contributed by atoms with van der Waals surface area (Å²) in [6, 6.07) is 6.70. The first kappa shape index (κ1) is 10.8. The lowest BCUT2D eigenvalue weighted by molar-refractivity contribution is -0.137. The van der Waals surface area contributed by atoms with E-state index in [0.717, 1.165) is 5.52 Å². The van der Waals surface area contributed by atoms with E-state index in [1.165, 1.54) is 0 Å². The molecule has 2 rings (SSSR count). The zero-order chi connectivity index (χ0) is 11.7. The lowest BCUT2D eigenvalue weighted by atomic mass is 10.2. The molecular formula is C11H10ClNO3. The molecule has 0 saturated carbocycles. The number of aromatic nitrogens is 1. The molecule has 0 aliphatic rings. The number of aryl methyl sites for hydroxylation is 1. The van der Waals surface area contributed by atoms with Gasteiger partial charge in [-0.2, -0.15) is 0 Å². The minimum atomic E-state index is -0.877. The molecule has 84 valence electrons. The summed E-state index contributed by atoms with van der Waals surface area (Å²) in [5.74, 6) is -0.730. The number of hydrogen-bond acceptors (Lipinski definition) is 2. The van der Waals surface area contributed by atoms with Crippen LogP contribution < -0.4 is 0 Å². The molecule has 0 aliphatic carbocycles. The van der Waals surface area contributed by atoms with E-state index in [2.05, 4.69) is 0 Å². The first-order valence-corrected chi connectivity index (χ1v) is 5.16. The lowest BCUT2D eigenvalue weighted by Gasteiger charge is -2.04. The molecule has 2 aromatic rings. The van der Waals surface area contributed by atoms with Crippen molar-refractivity contribution in [1.29, 1.82) is 0 Å². The fraction of sp³-hybridized carbons (Fsp3) is 0.182. The number of phenolic OH excluding ortho intramolecular Hbond substituents is 1. The number of aromatic hydroxyl groups is 1. The second-order valence-corrected chi connectivity index (χ2v) is 3.86. The van der Waals surface area contributed by atoms with Gasteiger partial charge in [0.25, 0.3) is 0 Å². The summed E-state index contributed by atoms with van der Waals surface area (Å²) in [6.45, 7) is 0.293. The molecule has 0 bridgehead atoms. The van der Waals surface area contributed by atoms with Crippen LogP contribution >= 0.6 is 11.6 Å². The van der Waals surface area contributed by atoms with E-state index in [1.54, 1.807) is 28.8 Å². The molecule has 0 saturated heterocycles. The molecule has 1 aromatic carbocycles. The molecule has 5 heteroatoms. The van der Waals surface area contributed by atoms with Crippen molar-refractivity contribution in [2.45, 2.75) is 13.0 Å². The Balaban J connectivity index is 2.48. The Labute approximate surface area is 96.7 Å². The van der Waals surface area contributed by atoms with Gasteiger partial charge in [-0.3, -0.25) is 4.79 Å². The van der Waals surface area contributed by atoms with Gasteiger partial charge in [-0.15, -0.1) is 0 Å². The topological polar surface area (TPSA) is 62.5 Å². The Bertz CT molecular complexity index is 547. The van der Waals surface area contributed by atoms with Gasteiger partial charge in [0.15, 0.2) is 0 Å². The van der Waals surface area contributed by atoms with Crippen LogP contribution in [-0.2, 0) is 11.3 Å². The van der Waals surface area contributed by atoms with Crippen molar-refractivity contribution >= 4 is 28.5 Å². The van der Waals surface area contributed by atoms with Crippen LogP contribution in [0.2, 0.25) is 5.15 Å². The van der Waals surface area contributed by atoms with Gasteiger partial charge in [-0.05, 0) is 18.2 Å². The molecular weight excluding hydrogens is 230 g/mol. The maximum absolute atomic E-state index is 10.5. The van der Waals surface area contributed by atoms with Crippen LogP contribution in [0.3, 0.4) is 0 Å². The molecule has 0 aliphatic heterocycles. The summed E-state index contributed by atoms with van der Waals surface area (Å²) in [4.78, 5) is 10.5. The molecule has 1 aromatic heterocycles. The number of rotatable bonds is 3. The van der Waals surface area contributed by atoms with E-state index < -0.39 is 5.97 Å². The first-order valence-electron chi connectivity index (χ1n) is 4.78. The van der Waals surface area contributed by atoms with Crippen LogP contribution in [0.1, 0.15) is 6.42 Å². The summed E-state index contributed by atoms with van der Waals surface area (Å²) < 4.78 is 1.67. The smallest absolute Gasteiger partial charge is 0.305 e. The van der Waals surface area contributed by atoms with E-state index >= 15 is 0 Å². The van der Waals surface area contributed by atoms with E-state index in [1.807, 2.05) is 0 Å². The summed E-state index contributed by atoms with van der Waals surface area (Å²) >= 11 is 5.98. The Kier molecular flexibility index (Phi) is 2.75. The number of aliphatic carboxylic acids is 1. The fourth-order valence-electron chi connectivity index (χ4n) is 1.67. The van der Waals surface area contributed by atoms with Crippen LogP contribution in [0.25, 0.3) is 10.9 Å². The van der Waals surface area contributed by atoms with Crippen molar-refractivity contribution in [2.24, 2.45) is 0 Å². The monoisotopic (exact) mass is 239 g/mol. The lowest BCUT2D eigenvalue weighted by Crippen LogP contribution is -2.04. The maximum atomic E-state index is 10.5. The summed E-state index contributed by atoms with van der Waals surface area (Å²) in [6.07, 6.45) is -0.000837. The van der Waals surface area contributed by atoms with Gasteiger partial charge < -0.3 is 14.8 Å². The van der Waals surface area contributed by atoms with Crippen LogP contribution in [0.4, 0.5) is 0 Å². The number of benzene rings is 1. The zero-order valence-corrected chi connectivity index (χ0v) is 9.11. The van der Waals surface area contributed by atoms with Crippen molar-refractivity contribution in [3.8, 4) is 5.75 Å². The SMILES string of the molecule is O=C(O)CCn1c(Cl)cc2c(O)cccc21. The number of phenols is 1. The highest BCUT2D eigenvalue weighted by atomic mass is 35.5. The van der Waals surface area contributed by atoms with Crippen LogP contribution in [0, 0.1) is 0 Å². The van der Waals surface area contributed by atoms with Crippen molar-refractivity contribution in [1.82, 2.24) is 4.57 Å². The highest BCUT2D eigenvalue weighted by Crippen LogP contribution is 2.30. The van der Waals surface area contributed by atoms with Crippen LogP contribution in [0.5, 0.6) is 5.75 Å². The third-order valence-electron chi connectivity index (χ3n) is 2.42. The number of carboxylic acid groups (broad SMARTS) is 1. The predicted molar refractivity (Wildman–Crippen MR) is 60.9 cm³/mol. The predicted octanol–water partition coefficient (Wildman–Crippen LogP) is 2.48. The van der Waals surface area contributed by atoms with Crippen molar-refractivity contribution in [3.63, 3.8) is 0 Å². The maximum Gasteiger partial charge on any atom is 0.305 e. The van der Waals surface area contributed by atoms with Crippen molar-refractivity contribution in [3.05, 3.63) is 29.4 Å². The normalized spacial score (nSPS) is 10.8. The van der Waals surface area contributed by atoms with Gasteiger partial charge >= 0.3 is 5.97 Å². The van der Waals surface area contributed by atoms with Gasteiger partial charge in [0, 0.05) is 11.9 Å². The molecule has 0 spiro atoms. The molecule has 16 heavy (non-hydrogen) atoms. The van der Waals surface area contributed by atoms with E-state index in [9.17, 15) is 9.90 Å². The first-order chi connectivity index (χ1) is 7.59. The van der Waals surface area contributed by atoms with Gasteiger partial charge in [-0.1, -0.05) is 17.7 Å². The summed E-state index contributed by atoms with van der Waals surface area (Å²) in [5.41, 5.74) is 0.742. The molecule has 2 N–H and O–H groups in total. The average molecular weight is 240 g/mol. The van der Waals surface area contributed by atoms with Crippen molar-refractivity contribution in [2.75, 3.05) is 0 Å². The second kappa shape index (κ2) is 4.06. The average Bonchev–Trinajstić information content (AvgIpc) is 2.53. The highest BCUT2D eigenvalue weighted by molar-refractivity contribution is 6.31. The standard InChI is InChI=1S/C11H10ClNO3/c12-10-6-7-8(2-1-3-9(7)14)13(10)5-4-11(15)16/h1-3,6,14H,4-5H2,(H,15,16). The van der Waals surface area contributed by atoms with E-state index in [4.69, 9.17) is 16.7 Å². The summed E-state index contributed by atoms with van der Waals surface area (Å²) in [7, 11) is 0. The number of halogens is 1. The number of nitrogens with zero attached hydrogens (tertiary/aromatic N) is 1. The molecule has 0 radical (unpaired) electrons. The second-order valence-electron chi connectivity index (χ2n) is 3.47. The number of hydrogen-bond donors (Lipinski definition) is 2. The largest absolute Gasteiger partial charge is 0.507 e. The third kappa shape index (κ3) is 1.84. The molecule has 4 nitrogen and oxygen atoms in total. The zero-order valence-electron chi connectivity index (χ0n) is 8.35. The molecule has 0 fully saturated rings. The molecule has 0 unspecified atom stereocenters. The minimum Gasteiger partial charge on any atom is -0.507 e. The van der Waals surface area contributed by atoms with Gasteiger partial charge in [-0.25, -0.2) is 0 Å². The Morgan fingerprint density at radius 1 is 1.44 bits per heavy atom. The van der Waals surface area contributed by atoms with Gasteiger partial charge in [0.05, 0.1) is 11.9 Å². The molecule has 1 heterocycles. The Hall–Kier alpha value is -1.68. The van der Waals surface area contributed by atoms with Crippen LogP contribution in [-0.4, -0.2) is 20.7 Å². The highest BCUT2D eigenvalue weighted by Gasteiger charge is 2.10. The van der Waals surface area contributed by atoms with Gasteiger partial charge in [0.1, 0.15) is 10.9 Å². The summed E-state index contributed by atoms with van der Waals surface area (Å²) in [5, 5.41) is 19.3. The minimum absolute atomic E-state index is 0.000837. The quantitative estimate of drug-likeness (QED) is 0.865. The fourth-order valence-corrected chi connectivity index (χ4v) is 1.96. The van der Waals surface area contributed by atoms with Gasteiger partial charge in [0.2, 0.25) is 0 Å². The van der Waals surface area contributed by atoms with Crippen LogP contribution in [0.15, 0.2) is 24.3 Å².